The van der Waals surface area contributed by atoms with Crippen LogP contribution < -0.4 is 0 Å². The van der Waals surface area contributed by atoms with Gasteiger partial charge < -0.3 is 0 Å². The summed E-state index contributed by atoms with van der Waals surface area (Å²) in [4.78, 5) is 15.0. The quantitative estimate of drug-likeness (QED) is 0.837. The Balaban J connectivity index is 2.14. The lowest BCUT2D eigenvalue weighted by Gasteiger charge is -1.96. The standard InChI is InChI=1S/C12H9F2NOS/c13-12(14)10(16)6-11-15-9(7-17-11)8-4-2-1-3-5-8/h1-5,7,12H,6H2. The van der Waals surface area contributed by atoms with Crippen molar-refractivity contribution in [2.24, 2.45) is 0 Å². The van der Waals surface area contributed by atoms with Crippen LogP contribution in [0.5, 0.6) is 0 Å². The first-order chi connectivity index (χ1) is 8.16. The molecule has 0 amide bonds. The second-order valence-corrected chi connectivity index (χ2v) is 4.38. The molecule has 2 rings (SSSR count). The highest BCUT2D eigenvalue weighted by Crippen LogP contribution is 2.22. The highest BCUT2D eigenvalue weighted by atomic mass is 32.1. The van der Waals surface area contributed by atoms with Gasteiger partial charge in [-0.15, -0.1) is 11.3 Å². The van der Waals surface area contributed by atoms with Crippen LogP contribution in [0.3, 0.4) is 0 Å². The van der Waals surface area contributed by atoms with Crippen LogP contribution in [0.4, 0.5) is 8.78 Å². The first kappa shape index (κ1) is 11.9. The van der Waals surface area contributed by atoms with E-state index in [0.29, 0.717) is 10.7 Å². The van der Waals surface area contributed by atoms with Crippen molar-refractivity contribution in [1.82, 2.24) is 4.98 Å². The highest BCUT2D eigenvalue weighted by molar-refractivity contribution is 7.10. The fourth-order valence-electron chi connectivity index (χ4n) is 1.36. The normalized spacial score (nSPS) is 10.8. The molecule has 0 aliphatic rings. The van der Waals surface area contributed by atoms with Gasteiger partial charge >= 0.3 is 0 Å². The molecule has 1 aromatic carbocycles. The maximum Gasteiger partial charge on any atom is 0.296 e. The molecule has 0 unspecified atom stereocenters. The predicted molar refractivity (Wildman–Crippen MR) is 62.3 cm³/mol. The van der Waals surface area contributed by atoms with Crippen molar-refractivity contribution in [3.8, 4) is 11.3 Å². The number of carbonyl (C=O) groups excluding carboxylic acids is 1. The molecule has 0 aliphatic heterocycles. The van der Waals surface area contributed by atoms with E-state index in [1.807, 2.05) is 30.3 Å². The molecule has 1 heterocycles. The topological polar surface area (TPSA) is 30.0 Å². The zero-order chi connectivity index (χ0) is 12.3. The van der Waals surface area contributed by atoms with E-state index in [0.717, 1.165) is 5.56 Å². The van der Waals surface area contributed by atoms with Gasteiger partial charge in [-0.05, 0) is 0 Å². The molecular formula is C12H9F2NOS. The van der Waals surface area contributed by atoms with Gasteiger partial charge in [-0.3, -0.25) is 4.79 Å². The van der Waals surface area contributed by atoms with Crippen LogP contribution in [-0.4, -0.2) is 17.2 Å². The minimum Gasteiger partial charge on any atom is -0.293 e. The van der Waals surface area contributed by atoms with E-state index in [-0.39, 0.29) is 6.42 Å². The summed E-state index contributed by atoms with van der Waals surface area (Å²) in [5, 5.41) is 2.19. The molecule has 5 heteroatoms. The molecule has 0 saturated carbocycles. The van der Waals surface area contributed by atoms with E-state index in [1.54, 1.807) is 5.38 Å². The number of alkyl halides is 2. The Bertz CT molecular complexity index is 510. The highest BCUT2D eigenvalue weighted by Gasteiger charge is 2.17. The maximum absolute atomic E-state index is 12.1. The lowest BCUT2D eigenvalue weighted by Crippen LogP contribution is -2.12. The van der Waals surface area contributed by atoms with Gasteiger partial charge in [0.25, 0.3) is 6.43 Å². The average Bonchev–Trinajstić information content (AvgIpc) is 2.78. The van der Waals surface area contributed by atoms with Gasteiger partial charge in [0.2, 0.25) is 5.78 Å². The third kappa shape index (κ3) is 2.94. The fraction of sp³-hybridized carbons (Fsp3) is 0.167. The molecule has 0 fully saturated rings. The van der Waals surface area contributed by atoms with Crippen molar-refractivity contribution in [3.05, 3.63) is 40.7 Å². The van der Waals surface area contributed by atoms with Gasteiger partial charge in [0.1, 0.15) is 5.01 Å². The van der Waals surface area contributed by atoms with Crippen LogP contribution >= 0.6 is 11.3 Å². The van der Waals surface area contributed by atoms with Crippen LogP contribution in [0.2, 0.25) is 0 Å². The number of nitrogens with zero attached hydrogens (tertiary/aromatic N) is 1. The van der Waals surface area contributed by atoms with Gasteiger partial charge in [-0.2, -0.15) is 0 Å². The number of hydrogen-bond donors (Lipinski definition) is 0. The summed E-state index contributed by atoms with van der Waals surface area (Å²) in [6.45, 7) is 0. The third-order valence-corrected chi connectivity index (χ3v) is 3.04. The van der Waals surface area contributed by atoms with Crippen LogP contribution in [0.1, 0.15) is 5.01 Å². The second kappa shape index (κ2) is 5.14. The Morgan fingerprint density at radius 1 is 1.29 bits per heavy atom. The number of hydrogen-bond acceptors (Lipinski definition) is 3. The molecule has 0 aliphatic carbocycles. The number of halogens is 2. The summed E-state index contributed by atoms with van der Waals surface area (Å²) < 4.78 is 24.1. The fourth-order valence-corrected chi connectivity index (χ4v) is 2.17. The minimum atomic E-state index is -2.92. The molecule has 17 heavy (non-hydrogen) atoms. The molecule has 0 radical (unpaired) electrons. The number of thiazole rings is 1. The minimum absolute atomic E-state index is 0.296. The Morgan fingerprint density at radius 3 is 2.65 bits per heavy atom. The van der Waals surface area contributed by atoms with Crippen molar-refractivity contribution in [2.45, 2.75) is 12.8 Å². The summed E-state index contributed by atoms with van der Waals surface area (Å²) >= 11 is 1.22. The van der Waals surface area contributed by atoms with Gasteiger partial charge in [0.15, 0.2) is 0 Å². The van der Waals surface area contributed by atoms with Crippen molar-refractivity contribution >= 4 is 17.1 Å². The monoisotopic (exact) mass is 253 g/mol. The largest absolute Gasteiger partial charge is 0.296 e. The molecular weight excluding hydrogens is 244 g/mol. The van der Waals surface area contributed by atoms with Crippen molar-refractivity contribution in [2.75, 3.05) is 0 Å². The van der Waals surface area contributed by atoms with E-state index in [1.165, 1.54) is 11.3 Å². The molecule has 1 aromatic heterocycles. The van der Waals surface area contributed by atoms with Crippen LogP contribution in [0, 0.1) is 0 Å². The Labute approximate surface area is 101 Å². The zero-order valence-electron chi connectivity index (χ0n) is 8.77. The number of rotatable bonds is 4. The summed E-state index contributed by atoms with van der Waals surface area (Å²) in [5.41, 5.74) is 1.63. The summed E-state index contributed by atoms with van der Waals surface area (Å²) in [6, 6.07) is 9.40. The van der Waals surface area contributed by atoms with Gasteiger partial charge in [-0.25, -0.2) is 13.8 Å². The molecule has 2 aromatic rings. The first-order valence-corrected chi connectivity index (χ1v) is 5.85. The molecule has 2 nitrogen and oxygen atoms in total. The first-order valence-electron chi connectivity index (χ1n) is 4.97. The summed E-state index contributed by atoms with van der Waals surface area (Å²) in [7, 11) is 0. The Kier molecular flexibility index (Phi) is 3.58. The second-order valence-electron chi connectivity index (χ2n) is 3.44. The van der Waals surface area contributed by atoms with Gasteiger partial charge in [0.05, 0.1) is 12.1 Å². The summed E-state index contributed by atoms with van der Waals surface area (Å²) in [5.74, 6) is -1.08. The van der Waals surface area contributed by atoms with Crippen molar-refractivity contribution in [1.29, 1.82) is 0 Å². The zero-order valence-corrected chi connectivity index (χ0v) is 9.58. The lowest BCUT2D eigenvalue weighted by molar-refractivity contribution is -0.128. The van der Waals surface area contributed by atoms with Crippen LogP contribution in [0.25, 0.3) is 11.3 Å². The number of aromatic nitrogens is 1. The predicted octanol–water partition coefficient (Wildman–Crippen LogP) is 3.19. The molecule has 0 N–H and O–H groups in total. The Morgan fingerprint density at radius 2 is 2.00 bits per heavy atom. The number of carbonyl (C=O) groups is 1. The Hall–Kier alpha value is -1.62. The lowest BCUT2D eigenvalue weighted by atomic mass is 10.2. The van der Waals surface area contributed by atoms with Crippen LogP contribution in [0.15, 0.2) is 35.7 Å². The van der Waals surface area contributed by atoms with E-state index in [2.05, 4.69) is 4.98 Å². The van der Waals surface area contributed by atoms with Crippen molar-refractivity contribution < 1.29 is 13.6 Å². The number of benzene rings is 1. The van der Waals surface area contributed by atoms with E-state index in [4.69, 9.17) is 0 Å². The maximum atomic E-state index is 12.1. The smallest absolute Gasteiger partial charge is 0.293 e. The molecule has 0 spiro atoms. The van der Waals surface area contributed by atoms with E-state index in [9.17, 15) is 13.6 Å². The SMILES string of the molecule is O=C(Cc1nc(-c2ccccc2)cs1)C(F)F. The summed E-state index contributed by atoms with van der Waals surface area (Å²) in [6.07, 6.45) is -3.21. The van der Waals surface area contributed by atoms with Gasteiger partial charge in [0, 0.05) is 10.9 Å². The average molecular weight is 253 g/mol. The van der Waals surface area contributed by atoms with Crippen molar-refractivity contribution in [3.63, 3.8) is 0 Å². The molecule has 0 bridgehead atoms. The molecule has 0 atom stereocenters. The van der Waals surface area contributed by atoms with Crippen LogP contribution in [-0.2, 0) is 11.2 Å². The molecule has 0 saturated heterocycles. The molecule has 88 valence electrons. The van der Waals surface area contributed by atoms with E-state index < -0.39 is 12.2 Å². The van der Waals surface area contributed by atoms with Gasteiger partial charge in [-0.1, -0.05) is 30.3 Å². The number of ketones is 1. The third-order valence-electron chi connectivity index (χ3n) is 2.19. The number of Topliss-reactive ketones (excluding diaryl/α,β-unsaturated/α-hetero) is 1. The van der Waals surface area contributed by atoms with E-state index >= 15 is 0 Å².